The summed E-state index contributed by atoms with van der Waals surface area (Å²) < 4.78 is 10.8. The van der Waals surface area contributed by atoms with E-state index in [4.69, 9.17) is 21.1 Å². The highest BCUT2D eigenvalue weighted by Crippen LogP contribution is 2.37. The van der Waals surface area contributed by atoms with Crippen LogP contribution < -0.4 is 9.47 Å². The van der Waals surface area contributed by atoms with E-state index >= 15 is 0 Å². The van der Waals surface area contributed by atoms with Crippen LogP contribution in [0.3, 0.4) is 0 Å². The number of aliphatic hydroxyl groups is 1. The fourth-order valence-electron chi connectivity index (χ4n) is 1.72. The lowest BCUT2D eigenvalue weighted by molar-refractivity contribution is 0.311. The van der Waals surface area contributed by atoms with Gasteiger partial charge < -0.3 is 14.6 Å². The number of rotatable bonds is 6. The predicted octanol–water partition coefficient (Wildman–Crippen LogP) is 3.78. The molecule has 1 rings (SSSR count). The number of halogens is 1. The van der Waals surface area contributed by atoms with Gasteiger partial charge in [0.2, 0.25) is 0 Å². The maximum absolute atomic E-state index is 9.34. The van der Waals surface area contributed by atoms with E-state index in [1.165, 1.54) is 0 Å². The van der Waals surface area contributed by atoms with Crippen LogP contribution in [0, 0.1) is 5.92 Å². The van der Waals surface area contributed by atoms with E-state index < -0.39 is 0 Å². The van der Waals surface area contributed by atoms with Crippen molar-refractivity contribution in [3.05, 3.63) is 28.3 Å². The van der Waals surface area contributed by atoms with E-state index in [1.807, 2.05) is 39.0 Å². The third-order valence-electron chi connectivity index (χ3n) is 2.82. The summed E-state index contributed by atoms with van der Waals surface area (Å²) in [6.45, 7) is 6.53. The Hall–Kier alpha value is -1.19. The van der Waals surface area contributed by atoms with Crippen LogP contribution in [0.4, 0.5) is 0 Å². The van der Waals surface area contributed by atoms with Crippen molar-refractivity contribution in [3.8, 4) is 11.5 Å². The van der Waals surface area contributed by atoms with Crippen LogP contribution in [-0.4, -0.2) is 25.4 Å². The summed E-state index contributed by atoms with van der Waals surface area (Å²) in [4.78, 5) is 0. The molecule has 3 nitrogen and oxygen atoms in total. The molecule has 0 heterocycles. The average Bonchev–Trinajstić information content (AvgIpc) is 2.38. The normalized spacial score (nSPS) is 11.8. The number of hydrogen-bond donors (Lipinski definition) is 1. The topological polar surface area (TPSA) is 38.7 Å². The first-order chi connectivity index (χ1) is 9.03. The summed E-state index contributed by atoms with van der Waals surface area (Å²) in [5.74, 6) is 1.43. The van der Waals surface area contributed by atoms with Crippen LogP contribution in [-0.2, 0) is 0 Å². The molecular weight excluding hydrogens is 264 g/mol. The van der Waals surface area contributed by atoms with Gasteiger partial charge in [0.05, 0.1) is 25.3 Å². The molecule has 0 saturated heterocycles. The van der Waals surface area contributed by atoms with Crippen molar-refractivity contribution in [2.24, 2.45) is 5.92 Å². The molecule has 0 amide bonds. The molecule has 0 spiro atoms. The standard InChI is InChI=1S/C15H21ClO3/c1-5-19-15-13(16)7-11(8-14(15)18-4)6-12(9-17)10(2)3/h6-8,10,17H,5,9H2,1-4H3. The Kier molecular flexibility index (Phi) is 6.19. The first-order valence-corrected chi connectivity index (χ1v) is 6.72. The van der Waals surface area contributed by atoms with Crippen molar-refractivity contribution in [2.45, 2.75) is 20.8 Å². The van der Waals surface area contributed by atoms with Gasteiger partial charge >= 0.3 is 0 Å². The van der Waals surface area contributed by atoms with Gasteiger partial charge in [-0.2, -0.15) is 0 Å². The molecule has 1 N–H and O–H groups in total. The molecule has 0 aliphatic heterocycles. The van der Waals surface area contributed by atoms with E-state index in [9.17, 15) is 5.11 Å². The van der Waals surface area contributed by atoms with Gasteiger partial charge in [0.15, 0.2) is 11.5 Å². The van der Waals surface area contributed by atoms with Crippen LogP contribution in [0.1, 0.15) is 26.3 Å². The number of methoxy groups -OCH3 is 1. The Labute approximate surface area is 119 Å². The summed E-state index contributed by atoms with van der Waals surface area (Å²) in [5.41, 5.74) is 1.84. The van der Waals surface area contributed by atoms with Gasteiger partial charge in [-0.15, -0.1) is 0 Å². The third kappa shape index (κ3) is 4.15. The fraction of sp³-hybridized carbons (Fsp3) is 0.467. The number of benzene rings is 1. The molecule has 0 atom stereocenters. The summed E-state index contributed by atoms with van der Waals surface area (Å²) in [6.07, 6.45) is 1.93. The quantitative estimate of drug-likeness (QED) is 0.864. The lowest BCUT2D eigenvalue weighted by Gasteiger charge is -2.13. The van der Waals surface area contributed by atoms with Crippen molar-refractivity contribution < 1.29 is 14.6 Å². The van der Waals surface area contributed by atoms with E-state index in [2.05, 4.69) is 0 Å². The highest BCUT2D eigenvalue weighted by atomic mass is 35.5. The Bertz CT molecular complexity index is 453. The van der Waals surface area contributed by atoms with Crippen LogP contribution in [0.25, 0.3) is 6.08 Å². The lowest BCUT2D eigenvalue weighted by atomic mass is 10.0. The molecule has 0 aliphatic rings. The molecule has 0 saturated carbocycles. The minimum absolute atomic E-state index is 0.0326. The largest absolute Gasteiger partial charge is 0.493 e. The van der Waals surface area contributed by atoms with E-state index in [-0.39, 0.29) is 12.5 Å². The average molecular weight is 285 g/mol. The Balaban J connectivity index is 3.21. The monoisotopic (exact) mass is 284 g/mol. The first-order valence-electron chi connectivity index (χ1n) is 6.35. The van der Waals surface area contributed by atoms with Crippen LogP contribution >= 0.6 is 11.6 Å². The van der Waals surface area contributed by atoms with Gasteiger partial charge in [-0.25, -0.2) is 0 Å². The van der Waals surface area contributed by atoms with E-state index in [0.29, 0.717) is 23.1 Å². The van der Waals surface area contributed by atoms with Crippen LogP contribution in [0.15, 0.2) is 17.7 Å². The van der Waals surface area contributed by atoms with Gasteiger partial charge in [-0.3, -0.25) is 0 Å². The van der Waals surface area contributed by atoms with Gasteiger partial charge in [-0.1, -0.05) is 31.5 Å². The summed E-state index contributed by atoms with van der Waals surface area (Å²) in [7, 11) is 1.58. The Morgan fingerprint density at radius 3 is 2.58 bits per heavy atom. The second-order valence-corrected chi connectivity index (χ2v) is 4.91. The second kappa shape index (κ2) is 7.41. The van der Waals surface area contributed by atoms with E-state index in [1.54, 1.807) is 7.11 Å². The first kappa shape index (κ1) is 15.9. The minimum atomic E-state index is 0.0326. The van der Waals surface area contributed by atoms with E-state index in [0.717, 1.165) is 11.1 Å². The van der Waals surface area contributed by atoms with Gasteiger partial charge in [0.25, 0.3) is 0 Å². The predicted molar refractivity (Wildman–Crippen MR) is 79.1 cm³/mol. The van der Waals surface area contributed by atoms with Gasteiger partial charge in [0, 0.05) is 0 Å². The number of aliphatic hydroxyl groups excluding tert-OH is 1. The van der Waals surface area contributed by atoms with Crippen LogP contribution in [0.5, 0.6) is 11.5 Å². The molecule has 19 heavy (non-hydrogen) atoms. The zero-order chi connectivity index (χ0) is 14.4. The van der Waals surface area contributed by atoms with Crippen molar-refractivity contribution in [1.29, 1.82) is 0 Å². The van der Waals surface area contributed by atoms with Gasteiger partial charge in [0.1, 0.15) is 0 Å². The summed E-state index contributed by atoms with van der Waals surface area (Å²) in [5, 5.41) is 9.84. The molecule has 4 heteroatoms. The molecule has 0 radical (unpaired) electrons. The molecule has 0 aromatic heterocycles. The molecule has 0 aliphatic carbocycles. The summed E-state index contributed by atoms with van der Waals surface area (Å²) >= 11 is 6.20. The molecule has 106 valence electrons. The maximum Gasteiger partial charge on any atom is 0.179 e. The molecule has 1 aromatic carbocycles. The smallest absolute Gasteiger partial charge is 0.179 e. The van der Waals surface area contributed by atoms with Crippen molar-refractivity contribution >= 4 is 17.7 Å². The molecule has 0 bridgehead atoms. The molecular formula is C15H21ClO3. The number of ether oxygens (including phenoxy) is 2. The molecule has 1 aromatic rings. The SMILES string of the molecule is CCOc1c(Cl)cc(C=C(CO)C(C)C)cc1OC. The van der Waals surface area contributed by atoms with Gasteiger partial charge in [-0.05, 0) is 36.1 Å². The van der Waals surface area contributed by atoms with Crippen LogP contribution in [0.2, 0.25) is 5.02 Å². The van der Waals surface area contributed by atoms with Crippen molar-refractivity contribution in [1.82, 2.24) is 0 Å². The van der Waals surface area contributed by atoms with Crippen molar-refractivity contribution in [2.75, 3.05) is 20.3 Å². The Morgan fingerprint density at radius 1 is 1.42 bits per heavy atom. The maximum atomic E-state index is 9.34. The lowest BCUT2D eigenvalue weighted by Crippen LogP contribution is -2.00. The van der Waals surface area contributed by atoms with Crippen molar-refractivity contribution in [3.63, 3.8) is 0 Å². The highest BCUT2D eigenvalue weighted by molar-refractivity contribution is 6.32. The molecule has 0 fully saturated rings. The third-order valence-corrected chi connectivity index (χ3v) is 3.10. The Morgan fingerprint density at radius 2 is 2.11 bits per heavy atom. The summed E-state index contributed by atoms with van der Waals surface area (Å²) in [6, 6.07) is 3.67. The molecule has 0 unspecified atom stereocenters. The zero-order valence-corrected chi connectivity index (χ0v) is 12.6. The number of hydrogen-bond acceptors (Lipinski definition) is 3. The highest BCUT2D eigenvalue weighted by Gasteiger charge is 2.11. The fourth-order valence-corrected chi connectivity index (χ4v) is 1.99. The second-order valence-electron chi connectivity index (χ2n) is 4.50. The minimum Gasteiger partial charge on any atom is -0.493 e. The zero-order valence-electron chi connectivity index (χ0n) is 11.9.